The molecule has 0 saturated carbocycles. The molecule has 3 heteroatoms. The van der Waals surface area contributed by atoms with E-state index in [-0.39, 0.29) is 0 Å². The van der Waals surface area contributed by atoms with E-state index in [0.29, 0.717) is 23.8 Å². The van der Waals surface area contributed by atoms with Gasteiger partial charge in [0.25, 0.3) is 0 Å². The molecule has 1 aliphatic rings. The predicted octanol–water partition coefficient (Wildman–Crippen LogP) is 2.33. The minimum absolute atomic E-state index is 0.542. The summed E-state index contributed by atoms with van der Waals surface area (Å²) in [7, 11) is 0. The van der Waals surface area contributed by atoms with E-state index in [9.17, 15) is 5.11 Å². The van der Waals surface area contributed by atoms with Crippen LogP contribution in [0.3, 0.4) is 0 Å². The van der Waals surface area contributed by atoms with Crippen molar-refractivity contribution < 1.29 is 9.84 Å². The van der Waals surface area contributed by atoms with E-state index >= 15 is 0 Å². The molecule has 0 aromatic heterocycles. The maximum absolute atomic E-state index is 9.99. The van der Waals surface area contributed by atoms with Crippen molar-refractivity contribution in [3.63, 3.8) is 0 Å². The average molecular weight is 199 g/mol. The summed E-state index contributed by atoms with van der Waals surface area (Å²) in [5.41, 5.74) is 0.0428. The Labute approximate surface area is 82.1 Å². The van der Waals surface area contributed by atoms with Gasteiger partial charge in [0, 0.05) is 17.0 Å². The molecule has 0 amide bonds. The molecule has 1 aromatic rings. The first-order valence-electron chi connectivity index (χ1n) is 4.25. The van der Waals surface area contributed by atoms with Crippen LogP contribution in [0.2, 0.25) is 5.02 Å². The van der Waals surface area contributed by atoms with Gasteiger partial charge in [-0.15, -0.1) is 0 Å². The second-order valence-corrected chi connectivity index (χ2v) is 3.95. The van der Waals surface area contributed by atoms with E-state index in [1.807, 2.05) is 6.07 Å². The van der Waals surface area contributed by atoms with Gasteiger partial charge < -0.3 is 9.84 Å². The van der Waals surface area contributed by atoms with Crippen molar-refractivity contribution in [1.82, 2.24) is 0 Å². The fraction of sp³-hybridized carbons (Fsp3) is 0.400. The summed E-state index contributed by atoms with van der Waals surface area (Å²) < 4.78 is 5.40. The molecule has 13 heavy (non-hydrogen) atoms. The smallest absolute Gasteiger partial charge is 0.126 e. The van der Waals surface area contributed by atoms with Crippen molar-refractivity contribution in [2.24, 2.45) is 0 Å². The molecule has 0 spiro atoms. The maximum Gasteiger partial charge on any atom is 0.126 e. The lowest BCUT2D eigenvalue weighted by Crippen LogP contribution is -2.29. The average Bonchev–Trinajstić information content (AvgIpc) is 2.02. The molecule has 1 unspecified atom stereocenters. The van der Waals surface area contributed by atoms with Gasteiger partial charge in [-0.1, -0.05) is 17.7 Å². The van der Waals surface area contributed by atoms with Crippen LogP contribution >= 0.6 is 11.6 Å². The maximum atomic E-state index is 9.99. The largest absolute Gasteiger partial charge is 0.493 e. The second kappa shape index (κ2) is 2.89. The van der Waals surface area contributed by atoms with Crippen molar-refractivity contribution in [3.05, 3.63) is 28.8 Å². The molecule has 2 nitrogen and oxygen atoms in total. The van der Waals surface area contributed by atoms with E-state index in [2.05, 4.69) is 0 Å². The summed E-state index contributed by atoms with van der Waals surface area (Å²) in [6, 6.07) is 5.32. The normalized spacial score (nSPS) is 26.4. The Kier molecular flexibility index (Phi) is 1.97. The number of benzene rings is 1. The van der Waals surface area contributed by atoms with Crippen LogP contribution in [0.4, 0.5) is 0 Å². The highest BCUT2D eigenvalue weighted by Crippen LogP contribution is 2.37. The van der Waals surface area contributed by atoms with Crippen LogP contribution in [-0.2, 0) is 5.60 Å². The van der Waals surface area contributed by atoms with Crippen molar-refractivity contribution in [1.29, 1.82) is 0 Å². The number of hydrogen-bond acceptors (Lipinski definition) is 2. The molecule has 0 bridgehead atoms. The van der Waals surface area contributed by atoms with Gasteiger partial charge in [-0.2, -0.15) is 0 Å². The summed E-state index contributed by atoms with van der Waals surface area (Å²) in [4.78, 5) is 0. The standard InChI is InChI=1S/C10H11ClO2/c1-10(12)4-5-13-9-6-7(11)2-3-8(9)10/h2-3,6,12H,4-5H2,1H3. The van der Waals surface area contributed by atoms with Crippen molar-refractivity contribution in [2.75, 3.05) is 6.61 Å². The summed E-state index contributed by atoms with van der Waals surface area (Å²) in [6.07, 6.45) is 0.627. The Morgan fingerprint density at radius 1 is 1.54 bits per heavy atom. The lowest BCUT2D eigenvalue weighted by atomic mass is 9.90. The summed E-state index contributed by atoms with van der Waals surface area (Å²) in [5.74, 6) is 0.698. The molecular formula is C10H11ClO2. The third-order valence-electron chi connectivity index (χ3n) is 2.37. The van der Waals surface area contributed by atoms with Crippen molar-refractivity contribution in [2.45, 2.75) is 18.9 Å². The lowest BCUT2D eigenvalue weighted by Gasteiger charge is -2.30. The SMILES string of the molecule is CC1(O)CCOc2cc(Cl)ccc21. The first-order valence-corrected chi connectivity index (χ1v) is 4.62. The van der Waals surface area contributed by atoms with Gasteiger partial charge in [0.05, 0.1) is 12.2 Å². The van der Waals surface area contributed by atoms with Crippen LogP contribution in [0.5, 0.6) is 5.75 Å². The summed E-state index contributed by atoms with van der Waals surface area (Å²) in [5, 5.41) is 10.6. The first kappa shape index (κ1) is 8.85. The highest BCUT2D eigenvalue weighted by atomic mass is 35.5. The van der Waals surface area contributed by atoms with Gasteiger partial charge >= 0.3 is 0 Å². The molecule has 1 atom stereocenters. The van der Waals surface area contributed by atoms with Crippen LogP contribution < -0.4 is 4.74 Å². The summed E-state index contributed by atoms with van der Waals surface area (Å²) in [6.45, 7) is 2.34. The van der Waals surface area contributed by atoms with Crippen LogP contribution in [-0.4, -0.2) is 11.7 Å². The molecule has 2 rings (SSSR count). The third-order valence-corrected chi connectivity index (χ3v) is 2.61. The van der Waals surface area contributed by atoms with Crippen LogP contribution in [0.25, 0.3) is 0 Å². The van der Waals surface area contributed by atoms with Gasteiger partial charge in [-0.25, -0.2) is 0 Å². The van der Waals surface area contributed by atoms with E-state index in [1.54, 1.807) is 19.1 Å². The molecule has 1 N–H and O–H groups in total. The van der Waals surface area contributed by atoms with Gasteiger partial charge in [-0.05, 0) is 19.1 Å². The number of rotatable bonds is 0. The highest BCUT2D eigenvalue weighted by molar-refractivity contribution is 6.30. The molecule has 0 aliphatic carbocycles. The summed E-state index contributed by atoms with van der Waals surface area (Å²) >= 11 is 5.81. The monoisotopic (exact) mass is 198 g/mol. The third kappa shape index (κ3) is 1.52. The van der Waals surface area contributed by atoms with Gasteiger partial charge in [-0.3, -0.25) is 0 Å². The fourth-order valence-corrected chi connectivity index (χ4v) is 1.72. The minimum Gasteiger partial charge on any atom is -0.493 e. The number of ether oxygens (including phenoxy) is 1. The van der Waals surface area contributed by atoms with E-state index < -0.39 is 5.60 Å². The van der Waals surface area contributed by atoms with E-state index in [0.717, 1.165) is 5.56 Å². The number of hydrogen-bond donors (Lipinski definition) is 1. The number of halogens is 1. The van der Waals surface area contributed by atoms with E-state index in [4.69, 9.17) is 16.3 Å². The van der Waals surface area contributed by atoms with Crippen molar-refractivity contribution >= 4 is 11.6 Å². The molecule has 0 saturated heterocycles. The predicted molar refractivity (Wildman–Crippen MR) is 51.1 cm³/mol. The molecule has 0 fully saturated rings. The van der Waals surface area contributed by atoms with Gasteiger partial charge in [0.2, 0.25) is 0 Å². The van der Waals surface area contributed by atoms with Crippen molar-refractivity contribution in [3.8, 4) is 5.75 Å². The molecule has 1 aromatic carbocycles. The quantitative estimate of drug-likeness (QED) is 0.694. The zero-order valence-electron chi connectivity index (χ0n) is 7.38. The Bertz CT molecular complexity index is 334. The van der Waals surface area contributed by atoms with Crippen LogP contribution in [0.15, 0.2) is 18.2 Å². The Morgan fingerprint density at radius 3 is 3.08 bits per heavy atom. The second-order valence-electron chi connectivity index (χ2n) is 3.51. The van der Waals surface area contributed by atoms with E-state index in [1.165, 1.54) is 0 Å². The molecule has 70 valence electrons. The van der Waals surface area contributed by atoms with Gasteiger partial charge in [0.1, 0.15) is 5.75 Å². The molecule has 1 aliphatic heterocycles. The number of fused-ring (bicyclic) bond motifs is 1. The number of aliphatic hydroxyl groups is 1. The fourth-order valence-electron chi connectivity index (χ4n) is 1.55. The Hall–Kier alpha value is -0.730. The topological polar surface area (TPSA) is 29.5 Å². The minimum atomic E-state index is -0.780. The Morgan fingerprint density at radius 2 is 2.31 bits per heavy atom. The molecule has 0 radical (unpaired) electrons. The van der Waals surface area contributed by atoms with Gasteiger partial charge in [0.15, 0.2) is 0 Å². The van der Waals surface area contributed by atoms with Crippen LogP contribution in [0.1, 0.15) is 18.9 Å². The Balaban J connectivity index is 2.53. The highest BCUT2D eigenvalue weighted by Gasteiger charge is 2.30. The molecular weight excluding hydrogens is 188 g/mol. The lowest BCUT2D eigenvalue weighted by molar-refractivity contribution is 0.0147. The van der Waals surface area contributed by atoms with Crippen LogP contribution in [0, 0.1) is 0 Å². The molecule has 1 heterocycles. The first-order chi connectivity index (χ1) is 6.09. The zero-order valence-corrected chi connectivity index (χ0v) is 8.14. The zero-order chi connectivity index (χ0) is 9.47.